The fourth-order valence-electron chi connectivity index (χ4n) is 5.43. The van der Waals surface area contributed by atoms with Crippen LogP contribution in [-0.2, 0) is 0 Å². The van der Waals surface area contributed by atoms with Gasteiger partial charge in [-0.3, -0.25) is 0 Å². The molecule has 0 aliphatic rings. The van der Waals surface area contributed by atoms with E-state index in [2.05, 4.69) is 9.97 Å². The van der Waals surface area contributed by atoms with Crippen LogP contribution < -0.4 is 0 Å². The molecule has 6 N–H and O–H groups in total. The first-order valence-corrected chi connectivity index (χ1v) is 11.5. The van der Waals surface area contributed by atoms with Crippen molar-refractivity contribution in [3.05, 3.63) is 84.9 Å². The fraction of sp³-hybridized carbons (Fsp3) is 0. The van der Waals surface area contributed by atoms with Crippen LogP contribution in [0.25, 0.3) is 65.9 Å². The van der Waals surface area contributed by atoms with Crippen molar-refractivity contribution in [1.82, 2.24) is 9.97 Å². The lowest BCUT2D eigenvalue weighted by Gasteiger charge is -2.15. The summed E-state index contributed by atoms with van der Waals surface area (Å²) >= 11 is 0. The lowest BCUT2D eigenvalue weighted by molar-refractivity contribution is 0.451. The third kappa shape index (κ3) is 2.72. The molecular formula is C30H20N2O4. The van der Waals surface area contributed by atoms with Crippen molar-refractivity contribution in [2.24, 2.45) is 0 Å². The number of hydrogen-bond acceptors (Lipinski definition) is 4. The van der Waals surface area contributed by atoms with Crippen molar-refractivity contribution < 1.29 is 20.4 Å². The summed E-state index contributed by atoms with van der Waals surface area (Å²) in [7, 11) is 0. The van der Waals surface area contributed by atoms with E-state index in [4.69, 9.17) is 0 Å². The number of H-pyrrole nitrogens is 2. The molecule has 0 saturated carbocycles. The first kappa shape index (κ1) is 20.3. The van der Waals surface area contributed by atoms with Gasteiger partial charge in [0.1, 0.15) is 23.0 Å². The first-order valence-electron chi connectivity index (χ1n) is 11.5. The van der Waals surface area contributed by atoms with E-state index < -0.39 is 0 Å². The number of aromatic amines is 2. The molecule has 0 spiro atoms. The van der Waals surface area contributed by atoms with Gasteiger partial charge in [0.25, 0.3) is 0 Å². The summed E-state index contributed by atoms with van der Waals surface area (Å²) in [4.78, 5) is 7.11. The van der Waals surface area contributed by atoms with E-state index in [1.807, 2.05) is 48.5 Å². The molecule has 0 atom stereocenters. The van der Waals surface area contributed by atoms with Crippen LogP contribution >= 0.6 is 0 Å². The molecule has 0 saturated heterocycles. The standard InChI is InChI=1S/C30H20N2O4/c33-15-9-11-19(23(35)13-15)27-25-17-5-1-3-7-21(17)31-29(25)28(20-12-10-16(34)14-24(20)36)26-18-6-2-4-8-22(18)32-30(26)27/h1-14,31-36H. The number of aromatic hydroxyl groups is 4. The Balaban J connectivity index is 1.81. The quantitative estimate of drug-likeness (QED) is 0.161. The second-order valence-electron chi connectivity index (χ2n) is 8.99. The lowest BCUT2D eigenvalue weighted by Crippen LogP contribution is -1.90. The van der Waals surface area contributed by atoms with Crippen molar-refractivity contribution in [3.63, 3.8) is 0 Å². The Kier molecular flexibility index (Phi) is 4.06. The Bertz CT molecular complexity index is 1850. The molecule has 0 bridgehead atoms. The van der Waals surface area contributed by atoms with E-state index in [0.717, 1.165) is 54.7 Å². The highest BCUT2D eigenvalue weighted by Crippen LogP contribution is 2.51. The zero-order chi connectivity index (χ0) is 24.6. The van der Waals surface area contributed by atoms with E-state index in [-0.39, 0.29) is 23.0 Å². The zero-order valence-corrected chi connectivity index (χ0v) is 18.9. The molecule has 7 rings (SSSR count). The molecule has 2 aromatic heterocycles. The van der Waals surface area contributed by atoms with Gasteiger partial charge in [-0.25, -0.2) is 0 Å². The van der Waals surface area contributed by atoms with Crippen molar-refractivity contribution >= 4 is 43.6 Å². The highest BCUT2D eigenvalue weighted by molar-refractivity contribution is 6.32. The number of fused-ring (bicyclic) bond motifs is 6. The molecule has 6 nitrogen and oxygen atoms in total. The van der Waals surface area contributed by atoms with Crippen molar-refractivity contribution in [3.8, 4) is 45.3 Å². The van der Waals surface area contributed by atoms with Gasteiger partial charge >= 0.3 is 0 Å². The van der Waals surface area contributed by atoms with Crippen LogP contribution in [0.15, 0.2) is 84.9 Å². The number of benzene rings is 5. The third-order valence-electron chi connectivity index (χ3n) is 6.91. The van der Waals surface area contributed by atoms with Gasteiger partial charge in [-0.15, -0.1) is 0 Å². The Morgan fingerprint density at radius 2 is 0.889 bits per heavy atom. The Morgan fingerprint density at radius 1 is 0.472 bits per heavy atom. The minimum atomic E-state index is -0.0400. The minimum Gasteiger partial charge on any atom is -0.508 e. The summed E-state index contributed by atoms with van der Waals surface area (Å²) in [6.45, 7) is 0. The second-order valence-corrected chi connectivity index (χ2v) is 8.99. The van der Waals surface area contributed by atoms with Crippen molar-refractivity contribution in [2.75, 3.05) is 0 Å². The summed E-state index contributed by atoms with van der Waals surface area (Å²) < 4.78 is 0. The maximum Gasteiger partial charge on any atom is 0.127 e. The van der Waals surface area contributed by atoms with Gasteiger partial charge in [0.05, 0.1) is 11.0 Å². The zero-order valence-electron chi connectivity index (χ0n) is 18.9. The van der Waals surface area contributed by atoms with Crippen LogP contribution in [0.2, 0.25) is 0 Å². The van der Waals surface area contributed by atoms with Gasteiger partial charge in [-0.1, -0.05) is 36.4 Å². The molecule has 0 radical (unpaired) electrons. The molecule has 0 aliphatic carbocycles. The van der Waals surface area contributed by atoms with Crippen LogP contribution in [0.3, 0.4) is 0 Å². The van der Waals surface area contributed by atoms with Gasteiger partial charge in [0.2, 0.25) is 0 Å². The molecule has 0 amide bonds. The van der Waals surface area contributed by atoms with Crippen molar-refractivity contribution in [1.29, 1.82) is 0 Å². The van der Waals surface area contributed by atoms with E-state index in [1.165, 1.54) is 12.1 Å². The number of phenols is 4. The highest BCUT2D eigenvalue weighted by Gasteiger charge is 2.25. The summed E-state index contributed by atoms with van der Waals surface area (Å²) in [5, 5.41) is 45.5. The molecule has 5 aromatic carbocycles. The Morgan fingerprint density at radius 3 is 1.31 bits per heavy atom. The summed E-state index contributed by atoms with van der Waals surface area (Å²) in [6.07, 6.45) is 0. The largest absolute Gasteiger partial charge is 0.508 e. The fourth-order valence-corrected chi connectivity index (χ4v) is 5.43. The normalized spacial score (nSPS) is 11.8. The third-order valence-corrected chi connectivity index (χ3v) is 6.91. The van der Waals surface area contributed by atoms with Gasteiger partial charge in [-0.05, 0) is 36.4 Å². The molecule has 0 fully saturated rings. The maximum atomic E-state index is 11.0. The van der Waals surface area contributed by atoms with Crippen LogP contribution in [0.4, 0.5) is 0 Å². The second kappa shape index (κ2) is 7.20. The average Bonchev–Trinajstić information content (AvgIpc) is 3.43. The minimum absolute atomic E-state index is 0.0232. The summed E-state index contributed by atoms with van der Waals surface area (Å²) in [5.41, 5.74) is 6.10. The molecular weight excluding hydrogens is 452 g/mol. The Hall–Kier alpha value is -5.10. The van der Waals surface area contributed by atoms with E-state index in [9.17, 15) is 20.4 Å². The molecule has 0 aliphatic heterocycles. The van der Waals surface area contributed by atoms with Gasteiger partial charge < -0.3 is 30.4 Å². The van der Waals surface area contributed by atoms with Gasteiger partial charge in [-0.2, -0.15) is 0 Å². The topological polar surface area (TPSA) is 113 Å². The monoisotopic (exact) mass is 472 g/mol. The van der Waals surface area contributed by atoms with E-state index >= 15 is 0 Å². The smallest absolute Gasteiger partial charge is 0.127 e. The van der Waals surface area contributed by atoms with E-state index in [1.54, 1.807) is 24.3 Å². The maximum absolute atomic E-state index is 11.0. The van der Waals surface area contributed by atoms with Crippen molar-refractivity contribution in [2.45, 2.75) is 0 Å². The molecule has 7 aromatic rings. The van der Waals surface area contributed by atoms with Gasteiger partial charge in [0, 0.05) is 67.0 Å². The summed E-state index contributed by atoms with van der Waals surface area (Å²) in [6, 6.07) is 25.1. The molecule has 174 valence electrons. The summed E-state index contributed by atoms with van der Waals surface area (Å²) in [5.74, 6) is -0.126. The number of aromatic nitrogens is 2. The molecule has 6 heteroatoms. The van der Waals surface area contributed by atoms with Gasteiger partial charge in [0.15, 0.2) is 0 Å². The molecule has 36 heavy (non-hydrogen) atoms. The predicted octanol–water partition coefficient (Wildman–Crippen LogP) is 7.11. The molecule has 2 heterocycles. The van der Waals surface area contributed by atoms with Crippen LogP contribution in [-0.4, -0.2) is 30.4 Å². The Labute approximate surface area is 204 Å². The number of phenolic OH excluding ortho intramolecular Hbond substituents is 4. The first-order chi connectivity index (χ1) is 17.5. The number of rotatable bonds is 2. The predicted molar refractivity (Wildman–Crippen MR) is 143 cm³/mol. The van der Waals surface area contributed by atoms with Crippen LogP contribution in [0.1, 0.15) is 0 Å². The SMILES string of the molecule is Oc1ccc(-c2c3[nH]c4ccccc4c3c(-c3ccc(O)cc3O)c3[nH]c4ccccc4c23)c(O)c1. The van der Waals surface area contributed by atoms with E-state index in [0.29, 0.717) is 11.1 Å². The number of para-hydroxylation sites is 2. The van der Waals surface area contributed by atoms with Crippen LogP contribution in [0, 0.1) is 0 Å². The highest BCUT2D eigenvalue weighted by atomic mass is 16.3. The average molecular weight is 473 g/mol. The number of hydrogen-bond donors (Lipinski definition) is 6. The lowest BCUT2D eigenvalue weighted by atomic mass is 9.89. The number of nitrogens with one attached hydrogen (secondary N) is 2. The van der Waals surface area contributed by atoms with Crippen LogP contribution in [0.5, 0.6) is 23.0 Å². The molecule has 0 unspecified atom stereocenters.